The second-order valence-electron chi connectivity index (χ2n) is 3.50. The van der Waals surface area contributed by atoms with Gasteiger partial charge in [-0.3, -0.25) is 9.59 Å². The molecule has 92 valence electrons. The van der Waals surface area contributed by atoms with E-state index in [1.54, 1.807) is 30.3 Å². The molecule has 0 amide bonds. The van der Waals surface area contributed by atoms with E-state index in [-0.39, 0.29) is 12.4 Å². The summed E-state index contributed by atoms with van der Waals surface area (Å²) in [7, 11) is 0. The van der Waals surface area contributed by atoms with Crippen molar-refractivity contribution in [1.82, 2.24) is 0 Å². The van der Waals surface area contributed by atoms with Gasteiger partial charge in [0.2, 0.25) is 5.78 Å². The fourth-order valence-electron chi connectivity index (χ4n) is 1.33. The van der Waals surface area contributed by atoms with Crippen molar-refractivity contribution in [2.45, 2.75) is 0 Å². The van der Waals surface area contributed by atoms with Crippen molar-refractivity contribution in [1.29, 1.82) is 0 Å². The third-order valence-electron chi connectivity index (χ3n) is 2.23. The molecule has 18 heavy (non-hydrogen) atoms. The van der Waals surface area contributed by atoms with Crippen molar-refractivity contribution in [3.8, 4) is 5.75 Å². The van der Waals surface area contributed by atoms with E-state index in [0.29, 0.717) is 16.2 Å². The molecule has 2 aromatic rings. The van der Waals surface area contributed by atoms with Crippen LogP contribution in [0.1, 0.15) is 20.0 Å². The van der Waals surface area contributed by atoms with Crippen LogP contribution in [0.4, 0.5) is 0 Å². The SMILES string of the molecule is O=Cc1ccc(OCC(=O)c2ccc(Br)s2)cc1. The molecule has 2 rings (SSSR count). The van der Waals surface area contributed by atoms with Crippen LogP contribution in [-0.4, -0.2) is 18.7 Å². The molecule has 1 aromatic carbocycles. The molecule has 0 aliphatic rings. The number of hydrogen-bond donors (Lipinski definition) is 0. The van der Waals surface area contributed by atoms with Gasteiger partial charge < -0.3 is 4.74 Å². The first kappa shape index (κ1) is 13.0. The van der Waals surface area contributed by atoms with Gasteiger partial charge in [0, 0.05) is 5.56 Å². The topological polar surface area (TPSA) is 43.4 Å². The van der Waals surface area contributed by atoms with Gasteiger partial charge in [-0.05, 0) is 52.3 Å². The monoisotopic (exact) mass is 324 g/mol. The van der Waals surface area contributed by atoms with Gasteiger partial charge in [-0.15, -0.1) is 11.3 Å². The van der Waals surface area contributed by atoms with Crippen LogP contribution < -0.4 is 4.74 Å². The number of Topliss-reactive ketones (excluding diaryl/α,β-unsaturated/α-hetero) is 1. The van der Waals surface area contributed by atoms with Crippen LogP contribution in [0, 0.1) is 0 Å². The Bertz CT molecular complexity index is 560. The van der Waals surface area contributed by atoms with E-state index in [2.05, 4.69) is 15.9 Å². The lowest BCUT2D eigenvalue weighted by Gasteiger charge is -2.04. The first-order chi connectivity index (χ1) is 8.69. The molecule has 0 bridgehead atoms. The highest BCUT2D eigenvalue weighted by atomic mass is 79.9. The van der Waals surface area contributed by atoms with E-state index in [1.165, 1.54) is 11.3 Å². The number of carbonyl (C=O) groups excluding carboxylic acids is 2. The Balaban J connectivity index is 1.94. The zero-order valence-electron chi connectivity index (χ0n) is 9.26. The molecule has 5 heteroatoms. The van der Waals surface area contributed by atoms with Crippen LogP contribution in [-0.2, 0) is 0 Å². The summed E-state index contributed by atoms with van der Waals surface area (Å²) in [5.74, 6) is 0.509. The summed E-state index contributed by atoms with van der Waals surface area (Å²) in [5, 5.41) is 0. The second kappa shape index (κ2) is 5.93. The molecule has 1 aromatic heterocycles. The van der Waals surface area contributed by atoms with Crippen molar-refractivity contribution >= 4 is 39.3 Å². The summed E-state index contributed by atoms with van der Waals surface area (Å²) >= 11 is 4.68. The normalized spacial score (nSPS) is 10.1. The predicted molar refractivity (Wildman–Crippen MR) is 73.7 cm³/mol. The number of halogens is 1. The Labute approximate surface area is 117 Å². The van der Waals surface area contributed by atoms with Crippen LogP contribution in [0.2, 0.25) is 0 Å². The van der Waals surface area contributed by atoms with Gasteiger partial charge in [0.15, 0.2) is 6.61 Å². The fraction of sp³-hybridized carbons (Fsp3) is 0.0769. The highest BCUT2D eigenvalue weighted by Gasteiger charge is 2.09. The molecule has 0 atom stereocenters. The summed E-state index contributed by atoms with van der Waals surface area (Å²) < 4.78 is 6.27. The Morgan fingerprint density at radius 1 is 1.22 bits per heavy atom. The Morgan fingerprint density at radius 2 is 1.94 bits per heavy atom. The van der Waals surface area contributed by atoms with E-state index in [0.717, 1.165) is 10.1 Å². The number of aldehydes is 1. The van der Waals surface area contributed by atoms with Gasteiger partial charge in [-0.1, -0.05) is 0 Å². The van der Waals surface area contributed by atoms with Crippen molar-refractivity contribution in [3.63, 3.8) is 0 Å². The quantitative estimate of drug-likeness (QED) is 0.623. The number of thiophene rings is 1. The highest BCUT2D eigenvalue weighted by molar-refractivity contribution is 9.11. The van der Waals surface area contributed by atoms with E-state index in [1.807, 2.05) is 6.07 Å². The molecule has 0 N–H and O–H groups in total. The zero-order valence-corrected chi connectivity index (χ0v) is 11.7. The number of rotatable bonds is 5. The number of benzene rings is 1. The van der Waals surface area contributed by atoms with Gasteiger partial charge in [-0.2, -0.15) is 0 Å². The average Bonchev–Trinajstić information content (AvgIpc) is 2.83. The molecule has 0 saturated carbocycles. The summed E-state index contributed by atoms with van der Waals surface area (Å²) in [5.41, 5.74) is 0.580. The van der Waals surface area contributed by atoms with Crippen LogP contribution in [0.3, 0.4) is 0 Å². The lowest BCUT2D eigenvalue weighted by atomic mass is 10.2. The van der Waals surface area contributed by atoms with Crippen LogP contribution in [0.15, 0.2) is 40.2 Å². The zero-order chi connectivity index (χ0) is 13.0. The number of carbonyl (C=O) groups is 2. The minimum absolute atomic E-state index is 0.00656. The lowest BCUT2D eigenvalue weighted by molar-refractivity contribution is 0.0925. The van der Waals surface area contributed by atoms with Gasteiger partial charge in [0.25, 0.3) is 0 Å². The molecule has 0 saturated heterocycles. The molecule has 0 unspecified atom stereocenters. The Hall–Kier alpha value is -1.46. The van der Waals surface area contributed by atoms with E-state index >= 15 is 0 Å². The van der Waals surface area contributed by atoms with E-state index in [9.17, 15) is 9.59 Å². The summed E-state index contributed by atoms with van der Waals surface area (Å²) in [4.78, 5) is 22.9. The summed E-state index contributed by atoms with van der Waals surface area (Å²) in [6.45, 7) is -0.00656. The number of hydrogen-bond acceptors (Lipinski definition) is 4. The van der Waals surface area contributed by atoms with Gasteiger partial charge >= 0.3 is 0 Å². The molecule has 0 spiro atoms. The molecule has 0 radical (unpaired) electrons. The van der Waals surface area contributed by atoms with Crippen LogP contribution in [0.25, 0.3) is 0 Å². The van der Waals surface area contributed by atoms with Crippen molar-refractivity contribution < 1.29 is 14.3 Å². The molecular weight excluding hydrogens is 316 g/mol. The van der Waals surface area contributed by atoms with Gasteiger partial charge in [0.05, 0.1) is 8.66 Å². The van der Waals surface area contributed by atoms with Crippen LogP contribution in [0.5, 0.6) is 5.75 Å². The second-order valence-corrected chi connectivity index (χ2v) is 5.97. The highest BCUT2D eigenvalue weighted by Crippen LogP contribution is 2.22. The van der Waals surface area contributed by atoms with Gasteiger partial charge in [-0.25, -0.2) is 0 Å². The molecule has 0 aliphatic heterocycles. The van der Waals surface area contributed by atoms with Crippen molar-refractivity contribution in [3.05, 3.63) is 50.6 Å². The van der Waals surface area contributed by atoms with Crippen molar-refractivity contribution in [2.75, 3.05) is 6.61 Å². The van der Waals surface area contributed by atoms with Crippen molar-refractivity contribution in [2.24, 2.45) is 0 Å². The minimum atomic E-state index is -0.0647. The van der Waals surface area contributed by atoms with E-state index < -0.39 is 0 Å². The first-order valence-electron chi connectivity index (χ1n) is 5.15. The van der Waals surface area contributed by atoms with Gasteiger partial charge in [0.1, 0.15) is 12.0 Å². The number of ketones is 1. The summed E-state index contributed by atoms with van der Waals surface area (Å²) in [6, 6.07) is 10.2. The maximum Gasteiger partial charge on any atom is 0.210 e. The minimum Gasteiger partial charge on any atom is -0.485 e. The Kier molecular flexibility index (Phi) is 4.28. The molecule has 1 heterocycles. The van der Waals surface area contributed by atoms with Crippen LogP contribution >= 0.6 is 27.3 Å². The number of ether oxygens (including phenoxy) is 1. The average molecular weight is 325 g/mol. The smallest absolute Gasteiger partial charge is 0.210 e. The molecule has 0 aliphatic carbocycles. The third kappa shape index (κ3) is 3.27. The predicted octanol–water partition coefficient (Wildman–Crippen LogP) is 3.58. The fourth-order valence-corrected chi connectivity index (χ4v) is 2.64. The Morgan fingerprint density at radius 3 is 2.50 bits per heavy atom. The summed E-state index contributed by atoms with van der Waals surface area (Å²) in [6.07, 6.45) is 0.762. The van der Waals surface area contributed by atoms with E-state index in [4.69, 9.17) is 4.74 Å². The molecule has 3 nitrogen and oxygen atoms in total. The molecular formula is C13H9BrO3S. The molecule has 0 fully saturated rings. The third-order valence-corrected chi connectivity index (χ3v) is 3.90. The lowest BCUT2D eigenvalue weighted by Crippen LogP contribution is -2.09. The standard InChI is InChI=1S/C13H9BrO3S/c14-13-6-5-12(18-13)11(16)8-17-10-3-1-9(7-15)2-4-10/h1-7H,8H2. The maximum atomic E-state index is 11.8. The largest absolute Gasteiger partial charge is 0.485 e. The first-order valence-corrected chi connectivity index (χ1v) is 6.76. The maximum absolute atomic E-state index is 11.8.